The fraction of sp³-hybridized carbons (Fsp3) is 0.368. The topological polar surface area (TPSA) is 72.5 Å². The second kappa shape index (κ2) is 7.98. The summed E-state index contributed by atoms with van der Waals surface area (Å²) in [5.41, 5.74) is 2.72. The molecular formula is C19H23N3O3. The summed E-state index contributed by atoms with van der Waals surface area (Å²) in [5, 5.41) is 5.80. The van der Waals surface area contributed by atoms with Crippen molar-refractivity contribution in [1.82, 2.24) is 10.3 Å². The Morgan fingerprint density at radius 2 is 2.00 bits per heavy atom. The lowest BCUT2D eigenvalue weighted by Crippen LogP contribution is -2.41. The van der Waals surface area contributed by atoms with Crippen molar-refractivity contribution in [2.75, 3.05) is 18.5 Å². The van der Waals surface area contributed by atoms with E-state index in [1.165, 1.54) is 0 Å². The number of aromatic nitrogens is 1. The van der Waals surface area contributed by atoms with Crippen molar-refractivity contribution in [2.24, 2.45) is 0 Å². The summed E-state index contributed by atoms with van der Waals surface area (Å²) in [4.78, 5) is 16.5. The van der Waals surface area contributed by atoms with Crippen LogP contribution < -0.4 is 15.4 Å². The molecule has 25 heavy (non-hydrogen) atoms. The van der Waals surface area contributed by atoms with E-state index >= 15 is 0 Å². The van der Waals surface area contributed by atoms with Crippen molar-refractivity contribution in [3.05, 3.63) is 47.7 Å². The molecule has 132 valence electrons. The molecule has 0 aliphatic carbocycles. The van der Waals surface area contributed by atoms with Gasteiger partial charge in [0, 0.05) is 25.5 Å². The number of anilines is 1. The van der Waals surface area contributed by atoms with Crippen LogP contribution in [0, 0.1) is 13.8 Å². The van der Waals surface area contributed by atoms with Crippen molar-refractivity contribution in [3.8, 4) is 11.6 Å². The highest BCUT2D eigenvalue weighted by molar-refractivity contribution is 5.90. The van der Waals surface area contributed by atoms with Crippen LogP contribution in [0.15, 0.2) is 36.5 Å². The van der Waals surface area contributed by atoms with Crippen molar-refractivity contribution in [1.29, 1.82) is 0 Å². The van der Waals surface area contributed by atoms with E-state index in [0.717, 1.165) is 29.7 Å². The summed E-state index contributed by atoms with van der Waals surface area (Å²) in [6, 6.07) is 9.27. The predicted octanol–water partition coefficient (Wildman–Crippen LogP) is 3.79. The number of rotatable bonds is 4. The number of nitrogens with one attached hydrogen (secondary N) is 2. The molecule has 2 heterocycles. The maximum absolute atomic E-state index is 12.3. The molecule has 6 heteroatoms. The van der Waals surface area contributed by atoms with E-state index in [0.29, 0.717) is 24.8 Å². The molecule has 2 aromatic rings. The molecule has 3 rings (SSSR count). The monoisotopic (exact) mass is 341 g/mol. The van der Waals surface area contributed by atoms with Crippen LogP contribution in [-0.2, 0) is 4.74 Å². The van der Waals surface area contributed by atoms with Crippen molar-refractivity contribution < 1.29 is 14.3 Å². The number of hydrogen-bond acceptors (Lipinski definition) is 4. The number of carbonyl (C=O) groups is 1. The molecule has 1 aliphatic heterocycles. The first-order chi connectivity index (χ1) is 12.1. The quantitative estimate of drug-likeness (QED) is 0.887. The molecule has 0 atom stereocenters. The van der Waals surface area contributed by atoms with E-state index in [2.05, 4.69) is 15.6 Å². The molecule has 2 N–H and O–H groups in total. The van der Waals surface area contributed by atoms with Crippen LogP contribution in [0.25, 0.3) is 0 Å². The lowest BCUT2D eigenvalue weighted by atomic mass is 10.1. The number of pyridine rings is 1. The van der Waals surface area contributed by atoms with Gasteiger partial charge >= 0.3 is 6.03 Å². The molecule has 0 spiro atoms. The lowest BCUT2D eigenvalue weighted by molar-refractivity contribution is 0.0806. The van der Waals surface area contributed by atoms with Gasteiger partial charge in [-0.1, -0.05) is 12.1 Å². The second-order valence-corrected chi connectivity index (χ2v) is 6.14. The summed E-state index contributed by atoms with van der Waals surface area (Å²) >= 11 is 0. The molecule has 0 radical (unpaired) electrons. The zero-order valence-electron chi connectivity index (χ0n) is 14.5. The van der Waals surface area contributed by atoms with Gasteiger partial charge in [-0.05, 0) is 56.0 Å². The minimum absolute atomic E-state index is 0.133. The maximum Gasteiger partial charge on any atom is 0.319 e. The third kappa shape index (κ3) is 4.48. The SMILES string of the molecule is Cc1cccc(Oc2ncccc2NC(=O)NC2CCOCC2)c1C. The highest BCUT2D eigenvalue weighted by Crippen LogP contribution is 2.30. The van der Waals surface area contributed by atoms with Crippen LogP contribution in [0.1, 0.15) is 24.0 Å². The number of nitrogens with zero attached hydrogens (tertiary/aromatic N) is 1. The first kappa shape index (κ1) is 17.2. The Kier molecular flexibility index (Phi) is 5.50. The largest absolute Gasteiger partial charge is 0.437 e. The third-order valence-corrected chi connectivity index (χ3v) is 4.34. The lowest BCUT2D eigenvalue weighted by Gasteiger charge is -2.23. The molecule has 1 aliphatic rings. The zero-order valence-corrected chi connectivity index (χ0v) is 14.5. The minimum Gasteiger partial charge on any atom is -0.437 e. The van der Waals surface area contributed by atoms with Crippen LogP contribution in [0.2, 0.25) is 0 Å². The van der Waals surface area contributed by atoms with Crippen LogP contribution >= 0.6 is 0 Å². The van der Waals surface area contributed by atoms with Crippen LogP contribution in [0.4, 0.5) is 10.5 Å². The molecular weight excluding hydrogens is 318 g/mol. The van der Waals surface area contributed by atoms with Crippen LogP contribution in [0.3, 0.4) is 0 Å². The average molecular weight is 341 g/mol. The van der Waals surface area contributed by atoms with Gasteiger partial charge in [-0.25, -0.2) is 9.78 Å². The normalized spacial score (nSPS) is 14.8. The molecule has 1 aromatic heterocycles. The van der Waals surface area contributed by atoms with Gasteiger partial charge in [0.05, 0.1) is 0 Å². The zero-order chi connectivity index (χ0) is 17.6. The van der Waals surface area contributed by atoms with Crippen LogP contribution in [-0.4, -0.2) is 30.3 Å². The predicted molar refractivity (Wildman–Crippen MR) is 96.2 cm³/mol. The van der Waals surface area contributed by atoms with Crippen LogP contribution in [0.5, 0.6) is 11.6 Å². The fourth-order valence-corrected chi connectivity index (χ4v) is 2.69. The Labute approximate surface area is 147 Å². The summed E-state index contributed by atoms with van der Waals surface area (Å²) in [6.07, 6.45) is 3.29. The summed E-state index contributed by atoms with van der Waals surface area (Å²) < 4.78 is 11.2. The van der Waals surface area contributed by atoms with Gasteiger partial charge in [-0.2, -0.15) is 0 Å². The molecule has 6 nitrogen and oxygen atoms in total. The minimum atomic E-state index is -0.259. The number of urea groups is 1. The molecule has 1 aromatic carbocycles. The van der Waals surface area contributed by atoms with E-state index in [1.54, 1.807) is 18.3 Å². The molecule has 0 bridgehead atoms. The van der Waals surface area contributed by atoms with Crippen molar-refractivity contribution >= 4 is 11.7 Å². The summed E-state index contributed by atoms with van der Waals surface area (Å²) in [7, 11) is 0. The van der Waals surface area contributed by atoms with E-state index < -0.39 is 0 Å². The number of ether oxygens (including phenoxy) is 2. The maximum atomic E-state index is 12.3. The number of amides is 2. The molecule has 1 fully saturated rings. The average Bonchev–Trinajstić information content (AvgIpc) is 2.61. The number of aryl methyl sites for hydroxylation is 1. The van der Waals surface area contributed by atoms with E-state index in [-0.39, 0.29) is 12.1 Å². The molecule has 1 saturated heterocycles. The van der Waals surface area contributed by atoms with E-state index in [4.69, 9.17) is 9.47 Å². The second-order valence-electron chi connectivity index (χ2n) is 6.14. The Morgan fingerprint density at radius 3 is 2.80 bits per heavy atom. The summed E-state index contributed by atoms with van der Waals surface area (Å²) in [6.45, 7) is 5.39. The van der Waals surface area contributed by atoms with E-state index in [9.17, 15) is 4.79 Å². The first-order valence-electron chi connectivity index (χ1n) is 8.48. The third-order valence-electron chi connectivity index (χ3n) is 4.34. The smallest absolute Gasteiger partial charge is 0.319 e. The Hall–Kier alpha value is -2.60. The van der Waals surface area contributed by atoms with Crippen molar-refractivity contribution in [2.45, 2.75) is 32.7 Å². The van der Waals surface area contributed by atoms with Gasteiger partial charge < -0.3 is 20.1 Å². The standard InChI is InChI=1S/C19H23N3O3/c1-13-5-3-7-17(14(13)2)25-18-16(6-4-10-20-18)22-19(23)21-15-8-11-24-12-9-15/h3-7,10,15H,8-9,11-12H2,1-2H3,(H2,21,22,23). The highest BCUT2D eigenvalue weighted by Gasteiger charge is 2.17. The number of hydrogen-bond donors (Lipinski definition) is 2. The van der Waals surface area contributed by atoms with Crippen molar-refractivity contribution in [3.63, 3.8) is 0 Å². The number of benzene rings is 1. The van der Waals surface area contributed by atoms with Gasteiger partial charge in [0.25, 0.3) is 0 Å². The Balaban J connectivity index is 1.70. The molecule has 0 saturated carbocycles. The van der Waals surface area contributed by atoms with Gasteiger partial charge in [-0.15, -0.1) is 0 Å². The fourth-order valence-electron chi connectivity index (χ4n) is 2.69. The van der Waals surface area contributed by atoms with Gasteiger partial charge in [0.1, 0.15) is 11.4 Å². The summed E-state index contributed by atoms with van der Waals surface area (Å²) in [5.74, 6) is 1.10. The van der Waals surface area contributed by atoms with Gasteiger partial charge in [0.15, 0.2) is 0 Å². The number of carbonyl (C=O) groups excluding carboxylic acids is 1. The molecule has 2 amide bonds. The van der Waals surface area contributed by atoms with Gasteiger partial charge in [0.2, 0.25) is 5.88 Å². The highest BCUT2D eigenvalue weighted by atomic mass is 16.5. The Bertz CT molecular complexity index is 742. The Morgan fingerprint density at radius 1 is 1.20 bits per heavy atom. The van der Waals surface area contributed by atoms with Gasteiger partial charge in [-0.3, -0.25) is 0 Å². The van der Waals surface area contributed by atoms with E-state index in [1.807, 2.05) is 32.0 Å². The first-order valence-corrected chi connectivity index (χ1v) is 8.48. The molecule has 0 unspecified atom stereocenters.